The molecule has 0 aliphatic rings. The van der Waals surface area contributed by atoms with Gasteiger partial charge in [0.25, 0.3) is 0 Å². The zero-order chi connectivity index (χ0) is 12.3. The SMILES string of the molecule is Cc1cc(C)nc(Sc2ccnc(C#N)c2)n1. The van der Waals surface area contributed by atoms with Crippen LogP contribution in [-0.2, 0) is 0 Å². The fourth-order valence-electron chi connectivity index (χ4n) is 1.38. The quantitative estimate of drug-likeness (QED) is 0.757. The van der Waals surface area contributed by atoms with Gasteiger partial charge >= 0.3 is 0 Å². The number of hydrogen-bond donors (Lipinski definition) is 0. The first-order chi connectivity index (χ1) is 8.17. The summed E-state index contributed by atoms with van der Waals surface area (Å²) in [5.41, 5.74) is 2.28. The van der Waals surface area contributed by atoms with E-state index < -0.39 is 0 Å². The minimum absolute atomic E-state index is 0.402. The van der Waals surface area contributed by atoms with Crippen molar-refractivity contribution >= 4 is 11.8 Å². The molecule has 5 heteroatoms. The smallest absolute Gasteiger partial charge is 0.192 e. The lowest BCUT2D eigenvalue weighted by molar-refractivity contribution is 0.902. The normalized spacial score (nSPS) is 9.94. The van der Waals surface area contributed by atoms with Crippen molar-refractivity contribution in [1.29, 1.82) is 5.26 Å². The highest BCUT2D eigenvalue weighted by Crippen LogP contribution is 2.24. The van der Waals surface area contributed by atoms with Crippen molar-refractivity contribution in [1.82, 2.24) is 15.0 Å². The van der Waals surface area contributed by atoms with Crippen molar-refractivity contribution in [3.8, 4) is 6.07 Å². The number of nitrogens with zero attached hydrogens (tertiary/aromatic N) is 4. The van der Waals surface area contributed by atoms with E-state index >= 15 is 0 Å². The van der Waals surface area contributed by atoms with Crippen molar-refractivity contribution in [2.75, 3.05) is 0 Å². The first-order valence-corrected chi connectivity index (χ1v) is 5.85. The summed E-state index contributed by atoms with van der Waals surface area (Å²) in [6, 6.07) is 7.51. The second-order valence-corrected chi connectivity index (χ2v) is 4.56. The molecule has 0 aliphatic heterocycles. The molecule has 0 radical (unpaired) electrons. The van der Waals surface area contributed by atoms with Crippen molar-refractivity contribution < 1.29 is 0 Å². The molecule has 0 unspecified atom stereocenters. The molecule has 0 atom stereocenters. The molecule has 84 valence electrons. The molecule has 2 heterocycles. The Balaban J connectivity index is 2.28. The van der Waals surface area contributed by atoms with E-state index in [4.69, 9.17) is 5.26 Å². The highest BCUT2D eigenvalue weighted by atomic mass is 32.2. The Kier molecular flexibility index (Phi) is 3.35. The van der Waals surface area contributed by atoms with Crippen molar-refractivity contribution in [2.45, 2.75) is 23.9 Å². The summed E-state index contributed by atoms with van der Waals surface area (Å²) in [5, 5.41) is 9.46. The molecule has 0 aliphatic carbocycles. The molecule has 17 heavy (non-hydrogen) atoms. The molecule has 2 rings (SSSR count). The molecule has 2 aromatic rings. The lowest BCUT2D eigenvalue weighted by Gasteiger charge is -2.02. The van der Waals surface area contributed by atoms with E-state index in [1.54, 1.807) is 12.3 Å². The predicted octanol–water partition coefficient (Wildman–Crippen LogP) is 2.51. The average Bonchev–Trinajstić information content (AvgIpc) is 2.28. The molecule has 0 bridgehead atoms. The van der Waals surface area contributed by atoms with Crippen molar-refractivity contribution in [2.24, 2.45) is 0 Å². The Morgan fingerprint density at radius 3 is 2.53 bits per heavy atom. The van der Waals surface area contributed by atoms with Gasteiger partial charge in [-0.3, -0.25) is 0 Å². The molecule has 0 aromatic carbocycles. The van der Waals surface area contributed by atoms with Crippen LogP contribution in [0.5, 0.6) is 0 Å². The fraction of sp³-hybridized carbons (Fsp3) is 0.167. The van der Waals surface area contributed by atoms with Gasteiger partial charge in [-0.25, -0.2) is 15.0 Å². The van der Waals surface area contributed by atoms with Crippen molar-refractivity contribution in [3.63, 3.8) is 0 Å². The van der Waals surface area contributed by atoms with Gasteiger partial charge in [-0.15, -0.1) is 0 Å². The Labute approximate surface area is 104 Å². The number of nitriles is 1. The summed E-state index contributed by atoms with van der Waals surface area (Å²) in [7, 11) is 0. The summed E-state index contributed by atoms with van der Waals surface area (Å²) < 4.78 is 0. The molecular weight excluding hydrogens is 232 g/mol. The van der Waals surface area contributed by atoms with E-state index in [0.29, 0.717) is 10.9 Å². The second kappa shape index (κ2) is 4.93. The summed E-state index contributed by atoms with van der Waals surface area (Å²) in [4.78, 5) is 13.5. The molecule has 0 saturated heterocycles. The van der Waals surface area contributed by atoms with E-state index in [-0.39, 0.29) is 0 Å². The van der Waals surface area contributed by atoms with Gasteiger partial charge in [0.1, 0.15) is 11.8 Å². The molecule has 0 N–H and O–H groups in total. The van der Waals surface area contributed by atoms with Gasteiger partial charge in [0.15, 0.2) is 5.16 Å². The molecule has 0 saturated carbocycles. The third-order valence-electron chi connectivity index (χ3n) is 2.02. The largest absolute Gasteiger partial charge is 0.245 e. The Morgan fingerprint density at radius 2 is 1.88 bits per heavy atom. The van der Waals surface area contributed by atoms with E-state index in [9.17, 15) is 0 Å². The molecule has 0 spiro atoms. The van der Waals surface area contributed by atoms with Crippen LogP contribution in [0.15, 0.2) is 34.4 Å². The highest BCUT2D eigenvalue weighted by molar-refractivity contribution is 7.99. The van der Waals surface area contributed by atoms with Gasteiger partial charge in [-0.1, -0.05) is 0 Å². The van der Waals surface area contributed by atoms with Crippen molar-refractivity contribution in [3.05, 3.63) is 41.5 Å². The van der Waals surface area contributed by atoms with Gasteiger partial charge in [-0.2, -0.15) is 5.26 Å². The second-order valence-electron chi connectivity index (χ2n) is 3.52. The number of aromatic nitrogens is 3. The van der Waals surface area contributed by atoms with Crippen LogP contribution in [0.4, 0.5) is 0 Å². The number of rotatable bonds is 2. The lowest BCUT2D eigenvalue weighted by Crippen LogP contribution is -1.92. The van der Waals surface area contributed by atoms with Gasteiger partial charge in [0.2, 0.25) is 0 Å². The molecular formula is C12H10N4S. The van der Waals surface area contributed by atoms with Crippen LogP contribution < -0.4 is 0 Å². The molecule has 2 aromatic heterocycles. The first kappa shape index (κ1) is 11.6. The third-order valence-corrected chi connectivity index (χ3v) is 2.87. The maximum Gasteiger partial charge on any atom is 0.192 e. The topological polar surface area (TPSA) is 62.5 Å². The standard InChI is InChI=1S/C12H10N4S/c1-8-5-9(2)16-12(15-8)17-11-3-4-14-10(6-11)7-13/h3-6H,1-2H3. The van der Waals surface area contributed by atoms with Crippen LogP contribution in [0.1, 0.15) is 17.1 Å². The van der Waals surface area contributed by atoms with Crippen LogP contribution in [0.3, 0.4) is 0 Å². The summed E-state index contributed by atoms with van der Waals surface area (Å²) in [5.74, 6) is 0. The number of hydrogen-bond acceptors (Lipinski definition) is 5. The van der Waals surface area contributed by atoms with Gasteiger partial charge in [0.05, 0.1) is 0 Å². The Bertz CT molecular complexity index is 569. The molecule has 0 amide bonds. The van der Waals surface area contributed by atoms with Gasteiger partial charge < -0.3 is 0 Å². The van der Waals surface area contributed by atoms with Crippen LogP contribution in [0, 0.1) is 25.2 Å². The van der Waals surface area contributed by atoms with E-state index in [1.807, 2.05) is 32.0 Å². The zero-order valence-electron chi connectivity index (χ0n) is 9.51. The maximum absolute atomic E-state index is 8.76. The van der Waals surface area contributed by atoms with Crippen LogP contribution in [0.2, 0.25) is 0 Å². The molecule has 0 fully saturated rings. The third kappa shape index (κ3) is 3.02. The van der Waals surface area contributed by atoms with E-state index in [0.717, 1.165) is 16.3 Å². The minimum Gasteiger partial charge on any atom is -0.245 e. The highest BCUT2D eigenvalue weighted by Gasteiger charge is 2.03. The van der Waals surface area contributed by atoms with E-state index in [2.05, 4.69) is 15.0 Å². The summed E-state index contributed by atoms with van der Waals surface area (Å²) in [6.07, 6.45) is 1.61. The summed E-state index contributed by atoms with van der Waals surface area (Å²) in [6.45, 7) is 3.87. The minimum atomic E-state index is 0.402. The number of pyridine rings is 1. The van der Waals surface area contributed by atoms with Crippen LogP contribution in [0.25, 0.3) is 0 Å². The summed E-state index contributed by atoms with van der Waals surface area (Å²) >= 11 is 1.43. The van der Waals surface area contributed by atoms with Gasteiger partial charge in [-0.05, 0) is 43.8 Å². The monoisotopic (exact) mass is 242 g/mol. The van der Waals surface area contributed by atoms with Gasteiger partial charge in [0, 0.05) is 22.5 Å². The maximum atomic E-state index is 8.76. The zero-order valence-corrected chi connectivity index (χ0v) is 10.3. The van der Waals surface area contributed by atoms with Crippen LogP contribution >= 0.6 is 11.8 Å². The predicted molar refractivity (Wildman–Crippen MR) is 64.6 cm³/mol. The fourth-order valence-corrected chi connectivity index (χ4v) is 2.27. The number of aryl methyl sites for hydroxylation is 2. The van der Waals surface area contributed by atoms with Crippen LogP contribution in [-0.4, -0.2) is 15.0 Å². The Hall–Kier alpha value is -1.93. The Morgan fingerprint density at radius 1 is 1.18 bits per heavy atom. The molecule has 4 nitrogen and oxygen atoms in total. The lowest BCUT2D eigenvalue weighted by atomic mass is 10.4. The van der Waals surface area contributed by atoms with E-state index in [1.165, 1.54) is 11.8 Å². The average molecular weight is 242 g/mol. The first-order valence-electron chi connectivity index (χ1n) is 5.03.